The maximum atomic E-state index is 5.79. The summed E-state index contributed by atoms with van der Waals surface area (Å²) in [7, 11) is 0. The molecule has 2 rings (SSSR count). The Bertz CT molecular complexity index is 596. The average Bonchev–Trinajstić information content (AvgIpc) is 2.39. The zero-order valence-electron chi connectivity index (χ0n) is 11.1. The van der Waals surface area contributed by atoms with E-state index < -0.39 is 0 Å². The zero-order valence-corrected chi connectivity index (χ0v) is 12.8. The lowest BCUT2D eigenvalue weighted by Crippen LogP contribution is -2.18. The van der Waals surface area contributed by atoms with Gasteiger partial charge in [-0.2, -0.15) is 11.8 Å². The summed E-state index contributed by atoms with van der Waals surface area (Å²) in [5, 5.41) is 5.82. The molecule has 2 aromatic rings. The first-order valence-corrected chi connectivity index (χ1v) is 8.00. The van der Waals surface area contributed by atoms with Crippen LogP contribution in [0.3, 0.4) is 0 Å². The van der Waals surface area contributed by atoms with Crippen molar-refractivity contribution in [2.45, 2.75) is 13.0 Å². The van der Waals surface area contributed by atoms with Crippen molar-refractivity contribution >= 4 is 45.4 Å². The van der Waals surface area contributed by atoms with Gasteiger partial charge in [0.25, 0.3) is 0 Å². The Kier molecular flexibility index (Phi) is 4.66. The molecule has 0 aliphatic carbocycles. The minimum atomic E-state index is 0.425. The van der Waals surface area contributed by atoms with Crippen LogP contribution in [0.1, 0.15) is 12.5 Å². The summed E-state index contributed by atoms with van der Waals surface area (Å²) in [5.41, 5.74) is 7.86. The first-order chi connectivity index (χ1) is 9.13. The molecule has 1 atom stereocenters. The number of anilines is 1. The minimum Gasteiger partial charge on any atom is -0.389 e. The van der Waals surface area contributed by atoms with Gasteiger partial charge in [0.05, 0.1) is 0 Å². The lowest BCUT2D eigenvalue weighted by Gasteiger charge is -2.17. The van der Waals surface area contributed by atoms with Crippen LogP contribution in [-0.4, -0.2) is 23.0 Å². The fourth-order valence-electron chi connectivity index (χ4n) is 2.20. The third kappa shape index (κ3) is 3.19. The van der Waals surface area contributed by atoms with Crippen LogP contribution < -0.4 is 11.1 Å². The molecule has 3 N–H and O–H groups in total. The number of rotatable bonds is 5. The highest BCUT2D eigenvalue weighted by atomic mass is 32.2. The van der Waals surface area contributed by atoms with Gasteiger partial charge in [0.15, 0.2) is 0 Å². The maximum Gasteiger partial charge on any atom is 0.104 e. The fourth-order valence-corrected chi connectivity index (χ4v) is 2.96. The first-order valence-electron chi connectivity index (χ1n) is 6.20. The fraction of sp³-hybridized carbons (Fsp3) is 0.267. The SMILES string of the molecule is CSCC(C)Nc1ccc(C(N)=S)c2ccccc12. The van der Waals surface area contributed by atoms with Gasteiger partial charge in [-0.05, 0) is 30.7 Å². The lowest BCUT2D eigenvalue weighted by molar-refractivity contribution is 0.917. The summed E-state index contributed by atoms with van der Waals surface area (Å²) in [6, 6.07) is 12.7. The van der Waals surface area contributed by atoms with Gasteiger partial charge in [-0.3, -0.25) is 0 Å². The van der Waals surface area contributed by atoms with Gasteiger partial charge in [-0.1, -0.05) is 36.5 Å². The predicted octanol–water partition coefficient (Wildman–Crippen LogP) is 3.64. The van der Waals surface area contributed by atoms with Gasteiger partial charge in [0, 0.05) is 28.4 Å². The van der Waals surface area contributed by atoms with Crippen molar-refractivity contribution in [3.63, 3.8) is 0 Å². The van der Waals surface area contributed by atoms with Crippen LogP contribution in [-0.2, 0) is 0 Å². The normalized spacial score (nSPS) is 12.3. The third-order valence-electron chi connectivity index (χ3n) is 3.01. The molecule has 0 saturated carbocycles. The predicted molar refractivity (Wildman–Crippen MR) is 91.3 cm³/mol. The van der Waals surface area contributed by atoms with Crippen LogP contribution in [0.2, 0.25) is 0 Å². The van der Waals surface area contributed by atoms with E-state index in [1.165, 1.54) is 5.39 Å². The molecule has 19 heavy (non-hydrogen) atoms. The van der Waals surface area contributed by atoms with Gasteiger partial charge in [0.2, 0.25) is 0 Å². The van der Waals surface area contributed by atoms with Crippen LogP contribution >= 0.6 is 24.0 Å². The molecule has 0 amide bonds. The van der Waals surface area contributed by atoms with Crippen molar-refractivity contribution in [2.75, 3.05) is 17.3 Å². The Balaban J connectivity index is 2.46. The van der Waals surface area contributed by atoms with Crippen molar-refractivity contribution in [1.29, 1.82) is 0 Å². The number of thioether (sulfide) groups is 1. The quantitative estimate of drug-likeness (QED) is 0.825. The van der Waals surface area contributed by atoms with E-state index in [1.807, 2.05) is 30.0 Å². The molecule has 4 heteroatoms. The number of fused-ring (bicyclic) bond motifs is 1. The summed E-state index contributed by atoms with van der Waals surface area (Å²) >= 11 is 6.96. The largest absolute Gasteiger partial charge is 0.389 e. The monoisotopic (exact) mass is 290 g/mol. The smallest absolute Gasteiger partial charge is 0.104 e. The minimum absolute atomic E-state index is 0.425. The summed E-state index contributed by atoms with van der Waals surface area (Å²) in [4.78, 5) is 0.444. The van der Waals surface area contributed by atoms with Gasteiger partial charge < -0.3 is 11.1 Å². The Morgan fingerprint density at radius 2 is 1.95 bits per heavy atom. The molecular formula is C15H18N2S2. The third-order valence-corrected chi connectivity index (χ3v) is 4.06. The molecule has 0 bridgehead atoms. The molecule has 0 fully saturated rings. The van der Waals surface area contributed by atoms with Crippen LogP contribution in [0, 0.1) is 0 Å². The summed E-state index contributed by atoms with van der Waals surface area (Å²) in [5.74, 6) is 1.07. The molecule has 0 aromatic heterocycles. The van der Waals surface area contributed by atoms with Crippen molar-refractivity contribution in [3.8, 4) is 0 Å². The van der Waals surface area contributed by atoms with E-state index in [-0.39, 0.29) is 0 Å². The molecule has 0 radical (unpaired) electrons. The molecule has 0 heterocycles. The topological polar surface area (TPSA) is 38.0 Å². The van der Waals surface area contributed by atoms with E-state index in [1.54, 1.807) is 0 Å². The molecule has 1 unspecified atom stereocenters. The van der Waals surface area contributed by atoms with Crippen LogP contribution in [0.5, 0.6) is 0 Å². The summed E-state index contributed by atoms with van der Waals surface area (Å²) in [6.07, 6.45) is 2.12. The lowest BCUT2D eigenvalue weighted by atomic mass is 10.0. The Labute approximate surface area is 123 Å². The molecular weight excluding hydrogens is 272 g/mol. The second-order valence-electron chi connectivity index (χ2n) is 4.57. The van der Waals surface area contributed by atoms with Crippen LogP contribution in [0.15, 0.2) is 36.4 Å². The number of hydrogen-bond acceptors (Lipinski definition) is 3. The summed E-state index contributed by atoms with van der Waals surface area (Å²) in [6.45, 7) is 2.19. The molecule has 0 saturated heterocycles. The van der Waals surface area contributed by atoms with E-state index in [9.17, 15) is 0 Å². The van der Waals surface area contributed by atoms with Gasteiger partial charge in [0.1, 0.15) is 4.99 Å². The second-order valence-corrected chi connectivity index (χ2v) is 5.92. The molecule has 2 nitrogen and oxygen atoms in total. The van der Waals surface area contributed by atoms with E-state index in [0.29, 0.717) is 11.0 Å². The number of hydrogen-bond donors (Lipinski definition) is 2. The standard InChI is InChI=1S/C15H18N2S2/c1-10(9-19-2)17-14-8-7-13(15(16)18)11-5-3-4-6-12(11)14/h3-8,10,17H,9H2,1-2H3,(H2,16,18). The molecule has 0 spiro atoms. The number of nitrogens with two attached hydrogens (primary N) is 1. The Hall–Kier alpha value is -1.26. The average molecular weight is 290 g/mol. The molecule has 0 aliphatic heterocycles. The van der Waals surface area contributed by atoms with E-state index >= 15 is 0 Å². The Morgan fingerprint density at radius 3 is 2.58 bits per heavy atom. The molecule has 100 valence electrons. The molecule has 2 aromatic carbocycles. The van der Waals surface area contributed by atoms with E-state index in [4.69, 9.17) is 18.0 Å². The van der Waals surface area contributed by atoms with Crippen molar-refractivity contribution in [1.82, 2.24) is 0 Å². The first kappa shape index (κ1) is 14.2. The highest BCUT2D eigenvalue weighted by Gasteiger charge is 2.09. The van der Waals surface area contributed by atoms with Gasteiger partial charge >= 0.3 is 0 Å². The van der Waals surface area contributed by atoms with Crippen LogP contribution in [0.4, 0.5) is 5.69 Å². The molecule has 0 aliphatic rings. The number of benzene rings is 2. The number of nitrogens with one attached hydrogen (secondary N) is 1. The zero-order chi connectivity index (χ0) is 13.8. The van der Waals surface area contributed by atoms with Crippen LogP contribution in [0.25, 0.3) is 10.8 Å². The van der Waals surface area contributed by atoms with E-state index in [0.717, 1.165) is 22.4 Å². The maximum absolute atomic E-state index is 5.79. The van der Waals surface area contributed by atoms with Crippen molar-refractivity contribution in [2.24, 2.45) is 5.73 Å². The summed E-state index contributed by atoms with van der Waals surface area (Å²) < 4.78 is 0. The highest BCUT2D eigenvalue weighted by molar-refractivity contribution is 7.98. The van der Waals surface area contributed by atoms with E-state index in [2.05, 4.69) is 36.7 Å². The second kappa shape index (κ2) is 6.26. The van der Waals surface area contributed by atoms with Crippen molar-refractivity contribution < 1.29 is 0 Å². The Morgan fingerprint density at radius 1 is 1.26 bits per heavy atom. The van der Waals surface area contributed by atoms with Crippen molar-refractivity contribution in [3.05, 3.63) is 42.0 Å². The number of thiocarbonyl (C=S) groups is 1. The highest BCUT2D eigenvalue weighted by Crippen LogP contribution is 2.27. The van der Waals surface area contributed by atoms with Gasteiger partial charge in [-0.25, -0.2) is 0 Å². The van der Waals surface area contributed by atoms with Gasteiger partial charge in [-0.15, -0.1) is 0 Å².